The maximum absolute atomic E-state index is 12.7. The van der Waals surface area contributed by atoms with E-state index in [9.17, 15) is 9.59 Å². The van der Waals surface area contributed by atoms with E-state index in [-0.39, 0.29) is 17.7 Å². The first-order chi connectivity index (χ1) is 12.0. The summed E-state index contributed by atoms with van der Waals surface area (Å²) in [4.78, 5) is 29.7. The lowest BCUT2D eigenvalue weighted by Gasteiger charge is -2.26. The molecule has 4 N–H and O–H groups in total. The molecule has 0 saturated heterocycles. The second kappa shape index (κ2) is 7.17. The number of nitrogens with one attached hydrogen (secondary N) is 2. The Morgan fingerprint density at radius 1 is 1.28 bits per heavy atom. The van der Waals surface area contributed by atoms with E-state index < -0.39 is 0 Å². The van der Waals surface area contributed by atoms with Crippen molar-refractivity contribution in [1.29, 1.82) is 0 Å². The van der Waals surface area contributed by atoms with Crippen molar-refractivity contribution in [3.63, 3.8) is 0 Å². The topological polar surface area (TPSA) is 91.2 Å². The number of nitrogen functional groups attached to an aromatic ring is 1. The first-order valence-corrected chi connectivity index (χ1v) is 9.00. The number of aromatic nitrogens is 1. The van der Waals surface area contributed by atoms with Gasteiger partial charge in [0.1, 0.15) is 5.82 Å². The number of hydrogen-bond donors (Lipinski definition) is 3. The molecular formula is C19H26N4O2. The smallest absolute Gasteiger partial charge is 0.255 e. The molecule has 1 aliphatic carbocycles. The number of aromatic amines is 1. The molecule has 1 aliphatic rings. The maximum atomic E-state index is 12.7. The number of hydrogen-bond acceptors (Lipinski definition) is 3. The normalized spacial score (nSPS) is 15.3. The van der Waals surface area contributed by atoms with E-state index in [2.05, 4.69) is 10.3 Å². The van der Waals surface area contributed by atoms with Gasteiger partial charge in [0.05, 0.1) is 5.56 Å². The van der Waals surface area contributed by atoms with Crippen molar-refractivity contribution in [2.45, 2.75) is 39.0 Å². The fourth-order valence-corrected chi connectivity index (χ4v) is 3.66. The molecule has 134 valence electrons. The van der Waals surface area contributed by atoms with Gasteiger partial charge in [0.15, 0.2) is 0 Å². The summed E-state index contributed by atoms with van der Waals surface area (Å²) in [5.74, 6) is 0.446. The standard InChI is InChI=1S/C19H26N4O2/c1-3-21-18(24)16-14-10-9-13(11-15(14)22-17(16)20)23(2)19(25)12-7-5-4-6-8-12/h9-12,22H,3-8,20H2,1-2H3,(H,21,24). The lowest BCUT2D eigenvalue weighted by Crippen LogP contribution is -2.33. The summed E-state index contributed by atoms with van der Waals surface area (Å²) >= 11 is 0. The number of fused-ring (bicyclic) bond motifs is 1. The van der Waals surface area contributed by atoms with E-state index in [1.54, 1.807) is 4.90 Å². The molecule has 0 spiro atoms. The van der Waals surface area contributed by atoms with Crippen molar-refractivity contribution in [1.82, 2.24) is 10.3 Å². The predicted octanol–water partition coefficient (Wildman–Crippen LogP) is 3.04. The zero-order valence-corrected chi connectivity index (χ0v) is 14.9. The van der Waals surface area contributed by atoms with Gasteiger partial charge in [-0.1, -0.05) is 19.3 Å². The molecule has 2 amide bonds. The Balaban J connectivity index is 1.88. The third-order valence-corrected chi connectivity index (χ3v) is 5.05. The molecule has 6 heteroatoms. The molecule has 0 bridgehead atoms. The molecular weight excluding hydrogens is 316 g/mol. The van der Waals surface area contributed by atoms with Crippen LogP contribution in [-0.2, 0) is 4.79 Å². The molecule has 1 fully saturated rings. The van der Waals surface area contributed by atoms with Crippen LogP contribution in [0, 0.1) is 5.92 Å². The Morgan fingerprint density at radius 2 is 2.00 bits per heavy atom. The fourth-order valence-electron chi connectivity index (χ4n) is 3.66. The third kappa shape index (κ3) is 3.34. The summed E-state index contributed by atoms with van der Waals surface area (Å²) in [7, 11) is 1.81. The number of anilines is 2. The van der Waals surface area contributed by atoms with Crippen molar-refractivity contribution < 1.29 is 9.59 Å². The Kier molecular flexibility index (Phi) is 4.97. The average molecular weight is 342 g/mol. The Morgan fingerprint density at radius 3 is 2.68 bits per heavy atom. The second-order valence-corrected chi connectivity index (χ2v) is 6.74. The minimum absolute atomic E-state index is 0.119. The van der Waals surface area contributed by atoms with Crippen molar-refractivity contribution >= 4 is 34.2 Å². The number of rotatable bonds is 4. The number of nitrogens with zero attached hydrogens (tertiary/aromatic N) is 1. The lowest BCUT2D eigenvalue weighted by molar-refractivity contribution is -0.123. The van der Waals surface area contributed by atoms with Gasteiger partial charge in [-0.2, -0.15) is 0 Å². The van der Waals surface area contributed by atoms with Crippen LogP contribution in [0.2, 0.25) is 0 Å². The number of nitrogens with two attached hydrogens (primary N) is 1. The highest BCUT2D eigenvalue weighted by Gasteiger charge is 2.25. The summed E-state index contributed by atoms with van der Waals surface area (Å²) in [5, 5.41) is 3.55. The van der Waals surface area contributed by atoms with Gasteiger partial charge in [0.25, 0.3) is 5.91 Å². The summed E-state index contributed by atoms with van der Waals surface area (Å²) in [6.45, 7) is 2.41. The molecule has 0 radical (unpaired) electrons. The minimum atomic E-state index is -0.189. The van der Waals surface area contributed by atoms with Crippen LogP contribution in [0.25, 0.3) is 10.9 Å². The molecule has 0 unspecified atom stereocenters. The van der Waals surface area contributed by atoms with Gasteiger partial charge in [-0.15, -0.1) is 0 Å². The van der Waals surface area contributed by atoms with Crippen LogP contribution in [0.5, 0.6) is 0 Å². The number of benzene rings is 1. The van der Waals surface area contributed by atoms with Gasteiger partial charge in [-0.25, -0.2) is 0 Å². The van der Waals surface area contributed by atoms with Crippen molar-refractivity contribution in [3.8, 4) is 0 Å². The zero-order valence-electron chi connectivity index (χ0n) is 14.9. The number of carbonyl (C=O) groups excluding carboxylic acids is 2. The molecule has 1 heterocycles. The van der Waals surface area contributed by atoms with E-state index in [0.717, 1.165) is 42.3 Å². The van der Waals surface area contributed by atoms with Crippen LogP contribution in [0.15, 0.2) is 18.2 Å². The van der Waals surface area contributed by atoms with Gasteiger partial charge in [0.2, 0.25) is 5.91 Å². The van der Waals surface area contributed by atoms with E-state index in [4.69, 9.17) is 5.73 Å². The Bertz CT molecular complexity index is 790. The van der Waals surface area contributed by atoms with Gasteiger partial charge in [-0.3, -0.25) is 9.59 Å². The molecule has 1 saturated carbocycles. The van der Waals surface area contributed by atoms with Crippen LogP contribution >= 0.6 is 0 Å². The molecule has 0 atom stereocenters. The van der Waals surface area contributed by atoms with Crippen LogP contribution in [0.3, 0.4) is 0 Å². The molecule has 1 aromatic carbocycles. The number of amides is 2. The molecule has 0 aliphatic heterocycles. The van der Waals surface area contributed by atoms with E-state index in [1.165, 1.54) is 6.42 Å². The third-order valence-electron chi connectivity index (χ3n) is 5.05. The first-order valence-electron chi connectivity index (χ1n) is 9.00. The molecule has 3 rings (SSSR count). The van der Waals surface area contributed by atoms with Crippen molar-refractivity contribution in [2.24, 2.45) is 5.92 Å². The van der Waals surface area contributed by atoms with Gasteiger partial charge < -0.3 is 20.9 Å². The SMILES string of the molecule is CCNC(=O)c1c(N)[nH]c2cc(N(C)C(=O)C3CCCCC3)ccc12. The highest BCUT2D eigenvalue weighted by Crippen LogP contribution is 2.30. The fraction of sp³-hybridized carbons (Fsp3) is 0.474. The van der Waals surface area contributed by atoms with Crippen LogP contribution in [-0.4, -0.2) is 30.4 Å². The molecule has 1 aromatic heterocycles. The average Bonchev–Trinajstić information content (AvgIpc) is 2.96. The quantitative estimate of drug-likeness (QED) is 0.797. The molecule has 2 aromatic rings. The number of carbonyl (C=O) groups is 2. The van der Waals surface area contributed by atoms with Crippen molar-refractivity contribution in [3.05, 3.63) is 23.8 Å². The summed E-state index contributed by atoms with van der Waals surface area (Å²) in [6, 6.07) is 5.61. The van der Waals surface area contributed by atoms with Gasteiger partial charge in [0, 0.05) is 36.1 Å². The number of H-pyrrole nitrogens is 1. The highest BCUT2D eigenvalue weighted by molar-refractivity contribution is 6.12. The van der Waals surface area contributed by atoms with Crippen molar-refractivity contribution in [2.75, 3.05) is 24.2 Å². The second-order valence-electron chi connectivity index (χ2n) is 6.74. The van der Waals surface area contributed by atoms with Gasteiger partial charge >= 0.3 is 0 Å². The summed E-state index contributed by atoms with van der Waals surface area (Å²) in [5.41, 5.74) is 8.03. The summed E-state index contributed by atoms with van der Waals surface area (Å²) in [6.07, 6.45) is 5.44. The van der Waals surface area contributed by atoms with E-state index in [1.807, 2.05) is 32.2 Å². The molecule has 25 heavy (non-hydrogen) atoms. The van der Waals surface area contributed by atoms with Gasteiger partial charge in [-0.05, 0) is 38.0 Å². The van der Waals surface area contributed by atoms with E-state index >= 15 is 0 Å². The lowest BCUT2D eigenvalue weighted by atomic mass is 9.88. The Hall–Kier alpha value is -2.50. The predicted molar refractivity (Wildman–Crippen MR) is 101 cm³/mol. The van der Waals surface area contributed by atoms with E-state index in [0.29, 0.717) is 17.9 Å². The van der Waals surface area contributed by atoms with Crippen LogP contribution in [0.4, 0.5) is 11.5 Å². The van der Waals surface area contributed by atoms with Crippen LogP contribution < -0.4 is 16.0 Å². The minimum Gasteiger partial charge on any atom is -0.385 e. The van der Waals surface area contributed by atoms with Crippen LogP contribution in [0.1, 0.15) is 49.4 Å². The Labute approximate surface area is 147 Å². The monoisotopic (exact) mass is 342 g/mol. The maximum Gasteiger partial charge on any atom is 0.255 e. The highest BCUT2D eigenvalue weighted by atomic mass is 16.2. The summed E-state index contributed by atoms with van der Waals surface area (Å²) < 4.78 is 0. The first kappa shape index (κ1) is 17.3. The zero-order chi connectivity index (χ0) is 18.0. The largest absolute Gasteiger partial charge is 0.385 e. The molecule has 6 nitrogen and oxygen atoms in total.